The van der Waals surface area contributed by atoms with Gasteiger partial charge < -0.3 is 8.92 Å². The number of hydrogen-bond acceptors (Lipinski definition) is 6. The number of benzene rings is 3. The van der Waals surface area contributed by atoms with Crippen molar-refractivity contribution in [3.8, 4) is 11.5 Å². The van der Waals surface area contributed by atoms with Crippen LogP contribution in [0.15, 0.2) is 82.8 Å². The molecule has 160 valence electrons. The summed E-state index contributed by atoms with van der Waals surface area (Å²) in [5.74, 6) is -0.143. The summed E-state index contributed by atoms with van der Waals surface area (Å²) in [7, 11) is -4.01. The van der Waals surface area contributed by atoms with E-state index in [9.17, 15) is 13.2 Å². The molecular weight excluding hydrogens is 440 g/mol. The fourth-order valence-electron chi connectivity index (χ4n) is 2.56. The fraction of sp³-hybridized carbons (Fsp3) is 0.0909. The van der Waals surface area contributed by atoms with Gasteiger partial charge in [-0.15, -0.1) is 0 Å². The maximum Gasteiger partial charge on any atom is 0.339 e. The predicted molar refractivity (Wildman–Crippen MR) is 118 cm³/mol. The Bertz CT molecular complexity index is 1200. The molecule has 9 heteroatoms. The number of nitrogens with zero attached hydrogens (tertiary/aromatic N) is 1. The zero-order chi connectivity index (χ0) is 22.3. The van der Waals surface area contributed by atoms with Gasteiger partial charge in [-0.25, -0.2) is 5.43 Å². The molecule has 0 spiro atoms. The Morgan fingerprint density at radius 3 is 2.52 bits per heavy atom. The third-order valence-corrected chi connectivity index (χ3v) is 5.45. The van der Waals surface area contributed by atoms with Crippen molar-refractivity contribution in [3.63, 3.8) is 0 Å². The minimum absolute atomic E-state index is 0.0341. The summed E-state index contributed by atoms with van der Waals surface area (Å²) in [6, 6.07) is 18.9. The summed E-state index contributed by atoms with van der Waals surface area (Å²) in [5.41, 5.74) is 3.34. The van der Waals surface area contributed by atoms with Crippen molar-refractivity contribution in [2.45, 2.75) is 11.8 Å². The Labute approximate surface area is 185 Å². The van der Waals surface area contributed by atoms with Crippen molar-refractivity contribution in [1.29, 1.82) is 0 Å². The zero-order valence-corrected chi connectivity index (χ0v) is 18.1. The molecule has 0 bridgehead atoms. The van der Waals surface area contributed by atoms with Gasteiger partial charge in [0.25, 0.3) is 5.91 Å². The van der Waals surface area contributed by atoms with E-state index in [0.29, 0.717) is 22.8 Å². The Balaban J connectivity index is 1.75. The lowest BCUT2D eigenvalue weighted by Gasteiger charge is -2.12. The number of hydrazone groups is 1. The van der Waals surface area contributed by atoms with Gasteiger partial charge in [0.2, 0.25) is 0 Å². The number of halogens is 1. The molecule has 0 saturated heterocycles. The molecule has 1 N–H and O–H groups in total. The van der Waals surface area contributed by atoms with Crippen molar-refractivity contribution in [3.05, 3.63) is 88.9 Å². The van der Waals surface area contributed by atoms with E-state index in [0.717, 1.165) is 0 Å². The highest BCUT2D eigenvalue weighted by molar-refractivity contribution is 7.87. The molecule has 0 aliphatic carbocycles. The first-order valence-corrected chi connectivity index (χ1v) is 11.0. The lowest BCUT2D eigenvalue weighted by atomic mass is 10.2. The lowest BCUT2D eigenvalue weighted by molar-refractivity contribution is 0.0955. The van der Waals surface area contributed by atoms with Gasteiger partial charge in [0.15, 0.2) is 11.5 Å². The first-order valence-electron chi connectivity index (χ1n) is 9.24. The van der Waals surface area contributed by atoms with E-state index in [1.54, 1.807) is 55.5 Å². The van der Waals surface area contributed by atoms with Gasteiger partial charge in [-0.2, -0.15) is 13.5 Å². The number of carbonyl (C=O) groups excluding carboxylic acids is 1. The summed E-state index contributed by atoms with van der Waals surface area (Å²) in [4.78, 5) is 12.1. The van der Waals surface area contributed by atoms with Crippen molar-refractivity contribution >= 4 is 33.8 Å². The van der Waals surface area contributed by atoms with Crippen LogP contribution in [-0.2, 0) is 10.1 Å². The largest absolute Gasteiger partial charge is 0.490 e. The van der Waals surface area contributed by atoms with Gasteiger partial charge in [0.05, 0.1) is 12.8 Å². The molecule has 0 unspecified atom stereocenters. The Hall–Kier alpha value is -3.36. The van der Waals surface area contributed by atoms with E-state index < -0.39 is 16.0 Å². The van der Waals surface area contributed by atoms with Crippen LogP contribution in [0.25, 0.3) is 0 Å². The molecule has 0 fully saturated rings. The van der Waals surface area contributed by atoms with Crippen LogP contribution in [0.1, 0.15) is 22.8 Å². The van der Waals surface area contributed by atoms with Crippen LogP contribution in [0.5, 0.6) is 11.5 Å². The molecule has 0 atom stereocenters. The third kappa shape index (κ3) is 6.07. The second-order valence-electron chi connectivity index (χ2n) is 6.20. The van der Waals surface area contributed by atoms with Crippen LogP contribution in [-0.4, -0.2) is 27.1 Å². The molecule has 3 rings (SSSR count). The average molecular weight is 459 g/mol. The summed E-state index contributed by atoms with van der Waals surface area (Å²) < 4.78 is 35.8. The number of amides is 1. The molecule has 1 amide bonds. The molecule has 3 aromatic rings. The molecule has 0 aliphatic rings. The minimum Gasteiger partial charge on any atom is -0.490 e. The highest BCUT2D eigenvalue weighted by atomic mass is 35.5. The molecular formula is C22H19ClN2O5S. The predicted octanol–water partition coefficient (Wildman–Crippen LogP) is 4.27. The second-order valence-corrected chi connectivity index (χ2v) is 8.18. The van der Waals surface area contributed by atoms with E-state index in [2.05, 4.69) is 10.5 Å². The van der Waals surface area contributed by atoms with E-state index in [-0.39, 0.29) is 16.4 Å². The molecule has 0 aliphatic heterocycles. The number of rotatable bonds is 8. The maximum atomic E-state index is 12.5. The monoisotopic (exact) mass is 458 g/mol. The zero-order valence-electron chi connectivity index (χ0n) is 16.5. The number of nitrogens with one attached hydrogen (secondary N) is 1. The van der Waals surface area contributed by atoms with Gasteiger partial charge in [-0.1, -0.05) is 35.9 Å². The number of ether oxygens (including phenoxy) is 1. The van der Waals surface area contributed by atoms with Crippen molar-refractivity contribution < 1.29 is 22.1 Å². The summed E-state index contributed by atoms with van der Waals surface area (Å²) in [6.07, 6.45) is 1.40. The van der Waals surface area contributed by atoms with Crippen LogP contribution < -0.4 is 14.3 Å². The first kappa shape index (κ1) is 22.3. The van der Waals surface area contributed by atoms with E-state index >= 15 is 0 Å². The first-order chi connectivity index (χ1) is 14.9. The lowest BCUT2D eigenvalue weighted by Crippen LogP contribution is -2.17. The molecule has 31 heavy (non-hydrogen) atoms. The minimum atomic E-state index is -4.01. The fourth-order valence-corrected chi connectivity index (χ4v) is 3.71. The van der Waals surface area contributed by atoms with Crippen LogP contribution in [0.2, 0.25) is 5.02 Å². The van der Waals surface area contributed by atoms with Gasteiger partial charge >= 0.3 is 10.1 Å². The van der Waals surface area contributed by atoms with Gasteiger partial charge in [0, 0.05) is 10.6 Å². The number of carbonyl (C=O) groups is 1. The summed E-state index contributed by atoms with van der Waals surface area (Å²) in [5, 5.41) is 4.36. The van der Waals surface area contributed by atoms with Gasteiger partial charge in [-0.05, 0) is 61.0 Å². The Morgan fingerprint density at radius 2 is 1.81 bits per heavy atom. The highest BCUT2D eigenvalue weighted by Gasteiger charge is 2.19. The smallest absolute Gasteiger partial charge is 0.339 e. The molecule has 3 aromatic carbocycles. The standard InChI is InChI=1S/C22H19ClN2O5S/c1-2-29-21-13-16(15-24-25-22(26)17-7-6-8-18(23)14-17)11-12-20(21)30-31(27,28)19-9-4-3-5-10-19/h3-15H,2H2,1H3,(H,25,26)/b24-15-. The van der Waals surface area contributed by atoms with Crippen LogP contribution in [0.4, 0.5) is 0 Å². The van der Waals surface area contributed by atoms with Crippen molar-refractivity contribution in [2.24, 2.45) is 5.10 Å². The third-order valence-electron chi connectivity index (χ3n) is 3.97. The topological polar surface area (TPSA) is 94.1 Å². The van der Waals surface area contributed by atoms with Gasteiger partial charge in [0.1, 0.15) is 4.90 Å². The van der Waals surface area contributed by atoms with E-state index in [1.165, 1.54) is 30.5 Å². The highest BCUT2D eigenvalue weighted by Crippen LogP contribution is 2.30. The Kier molecular flexibility index (Phi) is 7.28. The van der Waals surface area contributed by atoms with Crippen molar-refractivity contribution in [2.75, 3.05) is 6.61 Å². The normalized spacial score (nSPS) is 11.3. The second kappa shape index (κ2) is 10.1. The summed E-state index contributed by atoms with van der Waals surface area (Å²) in [6.45, 7) is 2.06. The van der Waals surface area contributed by atoms with E-state index in [1.807, 2.05) is 0 Å². The molecule has 7 nitrogen and oxygen atoms in total. The van der Waals surface area contributed by atoms with Gasteiger partial charge in [-0.3, -0.25) is 4.79 Å². The molecule has 0 aromatic heterocycles. The molecule has 0 heterocycles. The maximum absolute atomic E-state index is 12.5. The van der Waals surface area contributed by atoms with Crippen LogP contribution >= 0.6 is 11.6 Å². The SMILES string of the molecule is CCOc1cc(/C=N\NC(=O)c2cccc(Cl)c2)ccc1OS(=O)(=O)c1ccccc1. The Morgan fingerprint density at radius 1 is 1.03 bits per heavy atom. The molecule has 0 saturated carbocycles. The van der Waals surface area contributed by atoms with Crippen LogP contribution in [0.3, 0.4) is 0 Å². The number of hydrogen-bond donors (Lipinski definition) is 1. The van der Waals surface area contributed by atoms with Crippen molar-refractivity contribution in [1.82, 2.24) is 5.43 Å². The van der Waals surface area contributed by atoms with Crippen LogP contribution in [0, 0.1) is 0 Å². The summed E-state index contributed by atoms with van der Waals surface area (Å²) >= 11 is 5.88. The quantitative estimate of drug-likeness (QED) is 0.309. The average Bonchev–Trinajstić information content (AvgIpc) is 2.76. The van der Waals surface area contributed by atoms with E-state index in [4.69, 9.17) is 20.5 Å². The molecule has 0 radical (unpaired) electrons.